The molecule has 3 aromatic carbocycles. The van der Waals surface area contributed by atoms with Crippen LogP contribution in [0.2, 0.25) is 0 Å². The summed E-state index contributed by atoms with van der Waals surface area (Å²) in [5.41, 5.74) is 2.66. The second kappa shape index (κ2) is 15.7. The van der Waals surface area contributed by atoms with Crippen molar-refractivity contribution in [1.29, 1.82) is 0 Å². The van der Waals surface area contributed by atoms with Gasteiger partial charge in [0.2, 0.25) is 11.8 Å². The Labute approximate surface area is 264 Å². The number of ether oxygens (including phenoxy) is 2. The molecular weight excluding hydrogens is 572 g/mol. The highest BCUT2D eigenvalue weighted by Crippen LogP contribution is 2.26. The van der Waals surface area contributed by atoms with E-state index in [0.29, 0.717) is 37.9 Å². The lowest BCUT2D eigenvalue weighted by Crippen LogP contribution is -2.56. The third-order valence-corrected chi connectivity index (χ3v) is 7.26. The van der Waals surface area contributed by atoms with Crippen molar-refractivity contribution in [3.63, 3.8) is 0 Å². The lowest BCUT2D eigenvalue weighted by molar-refractivity contribution is -0.131. The zero-order valence-corrected chi connectivity index (χ0v) is 26.1. The molecule has 2 atom stereocenters. The molecule has 0 saturated carbocycles. The Hall–Kier alpha value is -4.86. The van der Waals surface area contributed by atoms with Gasteiger partial charge in [-0.15, -0.1) is 0 Å². The highest BCUT2D eigenvalue weighted by molar-refractivity contribution is 5.98. The van der Waals surface area contributed by atoms with Crippen LogP contribution in [0.15, 0.2) is 84.9 Å². The molecule has 1 heterocycles. The largest absolute Gasteiger partial charge is 0.445 e. The normalized spacial score (nSPS) is 14.8. The number of carbonyl (C=O) groups is 4. The van der Waals surface area contributed by atoms with Crippen LogP contribution in [0.25, 0.3) is 0 Å². The molecular formula is C35H42N4O6. The Balaban J connectivity index is 1.39. The van der Waals surface area contributed by atoms with Crippen LogP contribution in [-0.2, 0) is 38.6 Å². The first-order chi connectivity index (χ1) is 21.6. The van der Waals surface area contributed by atoms with Gasteiger partial charge < -0.3 is 25.4 Å². The van der Waals surface area contributed by atoms with E-state index in [9.17, 15) is 19.2 Å². The predicted octanol–water partition coefficient (Wildman–Crippen LogP) is 5.57. The third-order valence-electron chi connectivity index (χ3n) is 7.26. The summed E-state index contributed by atoms with van der Waals surface area (Å²) in [6, 6.07) is 24.3. The van der Waals surface area contributed by atoms with Gasteiger partial charge >= 0.3 is 12.2 Å². The van der Waals surface area contributed by atoms with E-state index in [4.69, 9.17) is 9.47 Å². The number of carbonyl (C=O) groups excluding carboxylic acids is 4. The number of nitrogens with zero attached hydrogens (tertiary/aromatic N) is 1. The van der Waals surface area contributed by atoms with E-state index >= 15 is 0 Å². The SMILES string of the molecule is CC(C)(C)OC(=O)N1Cc2ccccc2CC1C(=O)N[C@@H](CCCCNC(=O)OCc1ccccc1)C(=O)Nc1ccccc1. The standard InChI is InChI=1S/C35H42N4O6/c1-35(2,3)45-34(43)39-23-27-17-11-10-16-26(27)22-30(39)32(41)38-29(31(40)37-28-18-8-5-9-19-28)20-12-13-21-36-33(42)44-24-25-14-6-4-7-15-25/h4-11,14-19,29-30H,12-13,20-24H2,1-3H3,(H,36,42)(H,37,40)(H,38,41)/t29-,30?/m0/s1. The van der Waals surface area contributed by atoms with Gasteiger partial charge in [0, 0.05) is 18.7 Å². The maximum atomic E-state index is 13.8. The van der Waals surface area contributed by atoms with Crippen LogP contribution in [0, 0.1) is 0 Å². The summed E-state index contributed by atoms with van der Waals surface area (Å²) in [5, 5.41) is 8.51. The summed E-state index contributed by atoms with van der Waals surface area (Å²) in [5.74, 6) is -0.809. The second-order valence-corrected chi connectivity index (χ2v) is 12.0. The first-order valence-corrected chi connectivity index (χ1v) is 15.3. The number of hydrogen-bond acceptors (Lipinski definition) is 6. The monoisotopic (exact) mass is 614 g/mol. The topological polar surface area (TPSA) is 126 Å². The number of amides is 4. The van der Waals surface area contributed by atoms with Crippen LogP contribution in [0.3, 0.4) is 0 Å². The van der Waals surface area contributed by atoms with Crippen molar-refractivity contribution < 1.29 is 28.7 Å². The Kier molecular flexibility index (Phi) is 11.6. The molecule has 238 valence electrons. The fourth-order valence-corrected chi connectivity index (χ4v) is 5.00. The molecule has 10 nitrogen and oxygen atoms in total. The van der Waals surface area contributed by atoms with E-state index in [2.05, 4.69) is 16.0 Å². The minimum atomic E-state index is -0.875. The number of nitrogens with one attached hydrogen (secondary N) is 3. The van der Waals surface area contributed by atoms with E-state index in [1.54, 1.807) is 32.9 Å². The summed E-state index contributed by atoms with van der Waals surface area (Å²) < 4.78 is 10.9. The highest BCUT2D eigenvalue weighted by Gasteiger charge is 2.38. The summed E-state index contributed by atoms with van der Waals surface area (Å²) in [6.07, 6.45) is 0.601. The van der Waals surface area contributed by atoms with Crippen molar-refractivity contribution in [2.75, 3.05) is 11.9 Å². The van der Waals surface area contributed by atoms with Gasteiger partial charge in [0.15, 0.2) is 0 Å². The average molecular weight is 615 g/mol. The first-order valence-electron chi connectivity index (χ1n) is 15.3. The van der Waals surface area contributed by atoms with Gasteiger partial charge in [-0.25, -0.2) is 9.59 Å². The number of para-hydroxylation sites is 1. The van der Waals surface area contributed by atoms with Crippen molar-refractivity contribution in [1.82, 2.24) is 15.5 Å². The molecule has 0 spiro atoms. The number of anilines is 1. The van der Waals surface area contributed by atoms with Crippen molar-refractivity contribution in [3.05, 3.63) is 102 Å². The van der Waals surface area contributed by atoms with Gasteiger partial charge in [-0.05, 0) is 68.9 Å². The maximum absolute atomic E-state index is 13.8. The minimum Gasteiger partial charge on any atom is -0.445 e. The number of rotatable bonds is 11. The molecule has 1 unspecified atom stereocenters. The third kappa shape index (κ3) is 10.4. The first kappa shape index (κ1) is 33.0. The molecule has 3 aromatic rings. The molecule has 0 fully saturated rings. The Bertz CT molecular complexity index is 1440. The van der Waals surface area contributed by atoms with E-state index in [0.717, 1.165) is 16.7 Å². The predicted molar refractivity (Wildman–Crippen MR) is 171 cm³/mol. The van der Waals surface area contributed by atoms with E-state index in [1.807, 2.05) is 72.8 Å². The van der Waals surface area contributed by atoms with Crippen LogP contribution in [-0.4, -0.2) is 53.1 Å². The Morgan fingerprint density at radius 3 is 2.20 bits per heavy atom. The number of benzene rings is 3. The van der Waals surface area contributed by atoms with Crippen LogP contribution in [0.5, 0.6) is 0 Å². The van der Waals surface area contributed by atoms with Crippen molar-refractivity contribution in [3.8, 4) is 0 Å². The molecule has 45 heavy (non-hydrogen) atoms. The highest BCUT2D eigenvalue weighted by atomic mass is 16.6. The quantitative estimate of drug-likeness (QED) is 0.243. The summed E-state index contributed by atoms with van der Waals surface area (Å²) in [7, 11) is 0. The van der Waals surface area contributed by atoms with Gasteiger partial charge in [0.25, 0.3) is 0 Å². The maximum Gasteiger partial charge on any atom is 0.411 e. The smallest absolute Gasteiger partial charge is 0.411 e. The minimum absolute atomic E-state index is 0.173. The van der Waals surface area contributed by atoms with E-state index < -0.39 is 35.8 Å². The second-order valence-electron chi connectivity index (χ2n) is 12.0. The molecule has 0 bridgehead atoms. The van der Waals surface area contributed by atoms with Crippen molar-refractivity contribution >= 4 is 29.7 Å². The van der Waals surface area contributed by atoms with Gasteiger partial charge in [0.1, 0.15) is 24.3 Å². The fourth-order valence-electron chi connectivity index (χ4n) is 5.00. The Morgan fingerprint density at radius 2 is 1.51 bits per heavy atom. The van der Waals surface area contributed by atoms with Crippen LogP contribution in [0.4, 0.5) is 15.3 Å². The summed E-state index contributed by atoms with van der Waals surface area (Å²) in [4.78, 5) is 54.0. The summed E-state index contributed by atoms with van der Waals surface area (Å²) >= 11 is 0. The van der Waals surface area contributed by atoms with E-state index in [-0.39, 0.29) is 19.1 Å². The zero-order chi connectivity index (χ0) is 32.2. The molecule has 3 N–H and O–H groups in total. The van der Waals surface area contributed by atoms with Crippen LogP contribution >= 0.6 is 0 Å². The van der Waals surface area contributed by atoms with Gasteiger partial charge in [0.05, 0.1) is 6.54 Å². The number of hydrogen-bond donors (Lipinski definition) is 3. The van der Waals surface area contributed by atoms with Crippen molar-refractivity contribution in [2.24, 2.45) is 0 Å². The van der Waals surface area contributed by atoms with Crippen LogP contribution < -0.4 is 16.0 Å². The molecule has 4 amide bonds. The average Bonchev–Trinajstić information content (AvgIpc) is 3.02. The molecule has 0 radical (unpaired) electrons. The van der Waals surface area contributed by atoms with Gasteiger partial charge in [-0.1, -0.05) is 72.8 Å². The molecule has 1 aliphatic heterocycles. The lowest BCUT2D eigenvalue weighted by atomic mass is 9.93. The van der Waals surface area contributed by atoms with Gasteiger partial charge in [-0.2, -0.15) is 0 Å². The van der Waals surface area contributed by atoms with Gasteiger partial charge in [-0.3, -0.25) is 14.5 Å². The molecule has 10 heteroatoms. The van der Waals surface area contributed by atoms with Crippen LogP contribution in [0.1, 0.15) is 56.7 Å². The zero-order valence-electron chi connectivity index (χ0n) is 26.1. The number of alkyl carbamates (subject to hydrolysis) is 1. The number of fused-ring (bicyclic) bond motifs is 1. The summed E-state index contributed by atoms with van der Waals surface area (Å²) in [6.45, 7) is 6.07. The number of unbranched alkanes of at least 4 members (excludes halogenated alkanes) is 1. The van der Waals surface area contributed by atoms with E-state index in [1.165, 1.54) is 4.90 Å². The lowest BCUT2D eigenvalue weighted by Gasteiger charge is -2.37. The Morgan fingerprint density at radius 1 is 0.867 bits per heavy atom. The molecule has 0 saturated heterocycles. The molecule has 0 aliphatic carbocycles. The molecule has 1 aliphatic rings. The molecule has 0 aromatic heterocycles. The van der Waals surface area contributed by atoms with Crippen molar-refractivity contribution in [2.45, 2.75) is 77.3 Å². The molecule has 4 rings (SSSR count). The fraction of sp³-hybridized carbons (Fsp3) is 0.371.